The minimum Gasteiger partial charge on any atom is -0.205 e. The highest BCUT2D eigenvalue weighted by atomic mass is 35.5. The summed E-state index contributed by atoms with van der Waals surface area (Å²) >= 11 is 12.4. The lowest BCUT2D eigenvalue weighted by molar-refractivity contribution is 0.554. The van der Waals surface area contributed by atoms with E-state index in [-0.39, 0.29) is 22.1 Å². The molecule has 2 atom stereocenters. The quantitative estimate of drug-likeness (QED) is 0.641. The van der Waals surface area contributed by atoms with Gasteiger partial charge in [0.25, 0.3) is 0 Å². The summed E-state index contributed by atoms with van der Waals surface area (Å²) in [6.07, 6.45) is 0.652. The molecule has 0 N–H and O–H groups in total. The SMILES string of the molecule is CC(Cc1cccc(F)c1Cl)C(Cl)c1ccccc1. The maximum Gasteiger partial charge on any atom is 0.142 e. The molecule has 0 heterocycles. The van der Waals surface area contributed by atoms with Gasteiger partial charge in [-0.15, -0.1) is 11.6 Å². The number of halogens is 3. The molecule has 0 saturated carbocycles. The zero-order valence-corrected chi connectivity index (χ0v) is 12.1. The second-order valence-corrected chi connectivity index (χ2v) is 5.55. The average Bonchev–Trinajstić information content (AvgIpc) is 2.44. The van der Waals surface area contributed by atoms with Gasteiger partial charge in [-0.3, -0.25) is 0 Å². The van der Waals surface area contributed by atoms with E-state index < -0.39 is 0 Å². The number of hydrogen-bond acceptors (Lipinski definition) is 0. The predicted molar refractivity (Wildman–Crippen MR) is 79.3 cm³/mol. The summed E-state index contributed by atoms with van der Waals surface area (Å²) in [4.78, 5) is 0. The minimum absolute atomic E-state index is 0.111. The number of hydrogen-bond donors (Lipinski definition) is 0. The summed E-state index contributed by atoms with van der Waals surface area (Å²) in [5, 5.41) is 0.0896. The molecule has 0 aliphatic carbocycles. The third kappa shape index (κ3) is 3.49. The van der Waals surface area contributed by atoms with E-state index in [0.717, 1.165) is 11.1 Å². The van der Waals surface area contributed by atoms with E-state index in [9.17, 15) is 4.39 Å². The fraction of sp³-hybridized carbons (Fsp3) is 0.250. The van der Waals surface area contributed by atoms with Crippen LogP contribution in [0.4, 0.5) is 4.39 Å². The van der Waals surface area contributed by atoms with Crippen LogP contribution in [0.3, 0.4) is 0 Å². The molecule has 2 aromatic carbocycles. The lowest BCUT2D eigenvalue weighted by atomic mass is 9.93. The second kappa shape index (κ2) is 6.40. The van der Waals surface area contributed by atoms with Gasteiger partial charge in [0.1, 0.15) is 5.82 Å². The summed E-state index contributed by atoms with van der Waals surface area (Å²) in [6.45, 7) is 2.05. The lowest BCUT2D eigenvalue weighted by Gasteiger charge is -2.19. The standard InChI is InChI=1S/C16H15Cl2F/c1-11(15(17)12-6-3-2-4-7-12)10-13-8-5-9-14(19)16(13)18/h2-9,11,15H,10H2,1H3. The van der Waals surface area contributed by atoms with Crippen LogP contribution in [0, 0.1) is 11.7 Å². The van der Waals surface area contributed by atoms with E-state index >= 15 is 0 Å². The van der Waals surface area contributed by atoms with Crippen LogP contribution in [0.5, 0.6) is 0 Å². The van der Waals surface area contributed by atoms with Crippen molar-refractivity contribution in [3.63, 3.8) is 0 Å². The van der Waals surface area contributed by atoms with Crippen molar-refractivity contribution >= 4 is 23.2 Å². The Balaban J connectivity index is 2.13. The van der Waals surface area contributed by atoms with Crippen molar-refractivity contribution < 1.29 is 4.39 Å². The summed E-state index contributed by atoms with van der Waals surface area (Å²) < 4.78 is 13.4. The molecule has 3 heteroatoms. The second-order valence-electron chi connectivity index (χ2n) is 4.71. The first-order chi connectivity index (χ1) is 9.09. The maximum atomic E-state index is 13.4. The molecule has 0 radical (unpaired) electrons. The van der Waals surface area contributed by atoms with E-state index in [1.807, 2.05) is 43.3 Å². The van der Waals surface area contributed by atoms with Gasteiger partial charge < -0.3 is 0 Å². The van der Waals surface area contributed by atoms with Crippen LogP contribution >= 0.6 is 23.2 Å². The van der Waals surface area contributed by atoms with Gasteiger partial charge >= 0.3 is 0 Å². The summed E-state index contributed by atoms with van der Waals surface area (Å²) in [6, 6.07) is 14.8. The van der Waals surface area contributed by atoms with E-state index in [2.05, 4.69) is 0 Å². The molecule has 2 aromatic rings. The first-order valence-corrected chi connectivity index (χ1v) is 7.03. The minimum atomic E-state index is -0.378. The van der Waals surface area contributed by atoms with Crippen LogP contribution in [0.25, 0.3) is 0 Å². The van der Waals surface area contributed by atoms with E-state index in [1.54, 1.807) is 6.07 Å². The van der Waals surface area contributed by atoms with Crippen LogP contribution in [-0.2, 0) is 6.42 Å². The van der Waals surface area contributed by atoms with Gasteiger partial charge in [-0.05, 0) is 29.5 Å². The molecule has 0 bridgehead atoms. The molecular formula is C16H15Cl2F. The summed E-state index contributed by atoms with van der Waals surface area (Å²) in [5.41, 5.74) is 1.87. The zero-order chi connectivity index (χ0) is 13.8. The first-order valence-electron chi connectivity index (χ1n) is 6.21. The van der Waals surface area contributed by atoms with Crippen LogP contribution < -0.4 is 0 Å². The molecule has 19 heavy (non-hydrogen) atoms. The highest BCUT2D eigenvalue weighted by molar-refractivity contribution is 6.31. The van der Waals surface area contributed by atoms with Crippen molar-refractivity contribution in [2.24, 2.45) is 5.92 Å². The molecule has 0 amide bonds. The van der Waals surface area contributed by atoms with E-state index in [0.29, 0.717) is 6.42 Å². The average molecular weight is 297 g/mol. The van der Waals surface area contributed by atoms with Crippen molar-refractivity contribution in [1.82, 2.24) is 0 Å². The molecule has 0 saturated heterocycles. The zero-order valence-electron chi connectivity index (χ0n) is 10.6. The molecule has 0 aliphatic heterocycles. The highest BCUT2D eigenvalue weighted by Gasteiger charge is 2.18. The Morgan fingerprint density at radius 1 is 1.05 bits per heavy atom. The Labute approximate surface area is 123 Å². The number of alkyl halides is 1. The summed E-state index contributed by atoms with van der Waals surface area (Å²) in [7, 11) is 0. The fourth-order valence-corrected chi connectivity index (χ4v) is 2.56. The smallest absolute Gasteiger partial charge is 0.142 e. The number of benzene rings is 2. The van der Waals surface area contributed by atoms with Crippen molar-refractivity contribution in [2.45, 2.75) is 18.7 Å². The monoisotopic (exact) mass is 296 g/mol. The van der Waals surface area contributed by atoms with Crippen molar-refractivity contribution in [1.29, 1.82) is 0 Å². The first kappa shape index (κ1) is 14.4. The van der Waals surface area contributed by atoms with Crippen LogP contribution in [0.1, 0.15) is 23.4 Å². The van der Waals surface area contributed by atoms with Crippen molar-refractivity contribution in [3.8, 4) is 0 Å². The molecular weight excluding hydrogens is 282 g/mol. The molecule has 0 spiro atoms. The Morgan fingerprint density at radius 3 is 2.42 bits per heavy atom. The Hall–Kier alpha value is -1.05. The van der Waals surface area contributed by atoms with Gasteiger partial charge in [-0.2, -0.15) is 0 Å². The molecule has 0 aliphatic rings. The molecule has 0 nitrogen and oxygen atoms in total. The normalized spacial score (nSPS) is 14.1. The summed E-state index contributed by atoms with van der Waals surface area (Å²) in [5.74, 6) is -0.208. The molecule has 2 rings (SSSR count). The van der Waals surface area contributed by atoms with Gasteiger partial charge in [0.2, 0.25) is 0 Å². The predicted octanol–water partition coefficient (Wildman–Crippen LogP) is 5.64. The van der Waals surface area contributed by atoms with Gasteiger partial charge in [-0.25, -0.2) is 4.39 Å². The van der Waals surface area contributed by atoms with Crippen LogP contribution in [0.15, 0.2) is 48.5 Å². The van der Waals surface area contributed by atoms with Crippen LogP contribution in [0.2, 0.25) is 5.02 Å². The van der Waals surface area contributed by atoms with Crippen molar-refractivity contribution in [3.05, 3.63) is 70.5 Å². The molecule has 2 unspecified atom stereocenters. The van der Waals surface area contributed by atoms with E-state index in [4.69, 9.17) is 23.2 Å². The number of rotatable bonds is 4. The molecule has 0 aromatic heterocycles. The Bertz CT molecular complexity index is 540. The van der Waals surface area contributed by atoms with Gasteiger partial charge in [0.15, 0.2) is 0 Å². The fourth-order valence-electron chi connectivity index (χ4n) is 2.12. The van der Waals surface area contributed by atoms with Crippen molar-refractivity contribution in [2.75, 3.05) is 0 Å². The van der Waals surface area contributed by atoms with Crippen LogP contribution in [-0.4, -0.2) is 0 Å². The lowest BCUT2D eigenvalue weighted by Crippen LogP contribution is -2.08. The molecule has 100 valence electrons. The largest absolute Gasteiger partial charge is 0.205 e. The Morgan fingerprint density at radius 2 is 1.74 bits per heavy atom. The van der Waals surface area contributed by atoms with E-state index in [1.165, 1.54) is 6.07 Å². The van der Waals surface area contributed by atoms with Gasteiger partial charge in [0, 0.05) is 0 Å². The third-order valence-corrected chi connectivity index (χ3v) is 4.30. The van der Waals surface area contributed by atoms with Gasteiger partial charge in [-0.1, -0.05) is 61.0 Å². The third-order valence-electron chi connectivity index (χ3n) is 3.19. The van der Waals surface area contributed by atoms with Gasteiger partial charge in [0.05, 0.1) is 10.4 Å². The highest BCUT2D eigenvalue weighted by Crippen LogP contribution is 2.33. The molecule has 0 fully saturated rings. The maximum absolute atomic E-state index is 13.4. The topological polar surface area (TPSA) is 0 Å². The Kier molecular flexibility index (Phi) is 4.84.